The van der Waals surface area contributed by atoms with Crippen LogP contribution in [0.2, 0.25) is 0 Å². The fraction of sp³-hybridized carbons (Fsp3) is 0. The van der Waals surface area contributed by atoms with Gasteiger partial charge in [-0.2, -0.15) is 10.2 Å². The Morgan fingerprint density at radius 1 is 0.583 bits per heavy atom. The molecule has 0 fully saturated rings. The fourth-order valence-corrected chi connectivity index (χ4v) is 2.27. The molecule has 0 spiro atoms. The van der Waals surface area contributed by atoms with Crippen LogP contribution in [-0.2, 0) is 0 Å². The van der Waals surface area contributed by atoms with Crippen molar-refractivity contribution < 1.29 is 0 Å². The molecule has 0 atom stereocenters. The minimum Gasteiger partial charge on any atom is -0.332 e. The minimum atomic E-state index is 0.542. The van der Waals surface area contributed by atoms with Gasteiger partial charge in [-0.1, -0.05) is 36.4 Å². The van der Waals surface area contributed by atoms with Crippen molar-refractivity contribution in [2.24, 2.45) is 10.2 Å². The lowest BCUT2D eigenvalue weighted by molar-refractivity contribution is 1.23. The quantitative estimate of drug-likeness (QED) is 0.461. The highest BCUT2D eigenvalue weighted by atomic mass is 32.1. The third kappa shape index (κ3) is 4.72. The maximum atomic E-state index is 5.30. The van der Waals surface area contributed by atoms with Gasteiger partial charge >= 0.3 is 0 Å². The Morgan fingerprint density at radius 2 is 1.04 bits per heavy atom. The SMILES string of the molecule is S=C(Nc1ccccc1)Nc1ccc(N=Nc2ccccc2)cc1. The highest BCUT2D eigenvalue weighted by Gasteiger charge is 1.99. The molecule has 0 heterocycles. The minimum absolute atomic E-state index is 0.542. The molecule has 24 heavy (non-hydrogen) atoms. The molecular formula is C19H16N4S. The van der Waals surface area contributed by atoms with Gasteiger partial charge < -0.3 is 10.6 Å². The summed E-state index contributed by atoms with van der Waals surface area (Å²) in [5.41, 5.74) is 3.45. The number of hydrogen-bond acceptors (Lipinski definition) is 3. The van der Waals surface area contributed by atoms with E-state index in [1.165, 1.54) is 0 Å². The normalized spacial score (nSPS) is 10.5. The Hall–Kier alpha value is -3.05. The van der Waals surface area contributed by atoms with Crippen LogP contribution in [0.15, 0.2) is 95.2 Å². The van der Waals surface area contributed by atoms with E-state index in [4.69, 9.17) is 12.2 Å². The Bertz CT molecular complexity index is 815. The average Bonchev–Trinajstić information content (AvgIpc) is 2.63. The first-order chi connectivity index (χ1) is 11.8. The molecule has 0 bridgehead atoms. The maximum Gasteiger partial charge on any atom is 0.175 e. The number of hydrogen-bond donors (Lipinski definition) is 2. The molecule has 0 saturated carbocycles. The van der Waals surface area contributed by atoms with E-state index in [0.29, 0.717) is 5.11 Å². The second-order valence-electron chi connectivity index (χ2n) is 5.03. The second-order valence-corrected chi connectivity index (χ2v) is 5.44. The third-order valence-electron chi connectivity index (χ3n) is 3.19. The largest absolute Gasteiger partial charge is 0.332 e. The van der Waals surface area contributed by atoms with Crippen molar-refractivity contribution in [2.45, 2.75) is 0 Å². The molecule has 0 unspecified atom stereocenters. The Labute approximate surface area is 146 Å². The molecule has 2 N–H and O–H groups in total. The summed E-state index contributed by atoms with van der Waals surface area (Å²) in [6.07, 6.45) is 0. The van der Waals surface area contributed by atoms with Gasteiger partial charge in [-0.15, -0.1) is 0 Å². The number of anilines is 2. The van der Waals surface area contributed by atoms with Crippen molar-refractivity contribution in [3.05, 3.63) is 84.9 Å². The molecule has 3 rings (SSSR count). The van der Waals surface area contributed by atoms with Crippen LogP contribution in [0.4, 0.5) is 22.7 Å². The van der Waals surface area contributed by atoms with Crippen LogP contribution < -0.4 is 10.6 Å². The molecule has 4 nitrogen and oxygen atoms in total. The number of azo groups is 1. The van der Waals surface area contributed by atoms with E-state index >= 15 is 0 Å². The molecule has 5 heteroatoms. The van der Waals surface area contributed by atoms with Gasteiger partial charge in [0, 0.05) is 11.4 Å². The summed E-state index contributed by atoms with van der Waals surface area (Å²) in [4.78, 5) is 0. The summed E-state index contributed by atoms with van der Waals surface area (Å²) in [7, 11) is 0. The van der Waals surface area contributed by atoms with Crippen molar-refractivity contribution in [3.63, 3.8) is 0 Å². The maximum absolute atomic E-state index is 5.30. The van der Waals surface area contributed by atoms with E-state index in [1.807, 2.05) is 84.9 Å². The monoisotopic (exact) mass is 332 g/mol. The van der Waals surface area contributed by atoms with Gasteiger partial charge in [-0.25, -0.2) is 0 Å². The molecule has 3 aromatic carbocycles. The van der Waals surface area contributed by atoms with Gasteiger partial charge in [0.15, 0.2) is 5.11 Å². The summed E-state index contributed by atoms with van der Waals surface area (Å²) in [6.45, 7) is 0. The summed E-state index contributed by atoms with van der Waals surface area (Å²) in [5, 5.41) is 15.2. The lowest BCUT2D eigenvalue weighted by atomic mass is 10.3. The Kier molecular flexibility index (Phi) is 5.27. The predicted octanol–water partition coefficient (Wildman–Crippen LogP) is 5.91. The van der Waals surface area contributed by atoms with Crippen LogP contribution in [0.5, 0.6) is 0 Å². The summed E-state index contributed by atoms with van der Waals surface area (Å²) >= 11 is 5.30. The van der Waals surface area contributed by atoms with Gasteiger partial charge in [-0.3, -0.25) is 0 Å². The van der Waals surface area contributed by atoms with Crippen LogP contribution in [0, 0.1) is 0 Å². The van der Waals surface area contributed by atoms with Gasteiger partial charge in [0.25, 0.3) is 0 Å². The first-order valence-corrected chi connectivity index (χ1v) is 7.90. The molecule has 3 aromatic rings. The summed E-state index contributed by atoms with van der Waals surface area (Å²) in [6, 6.07) is 27.0. The van der Waals surface area contributed by atoms with Gasteiger partial charge in [0.05, 0.1) is 11.4 Å². The molecule has 0 aliphatic rings. The van der Waals surface area contributed by atoms with Gasteiger partial charge in [0.2, 0.25) is 0 Å². The smallest absolute Gasteiger partial charge is 0.175 e. The highest BCUT2D eigenvalue weighted by molar-refractivity contribution is 7.80. The second kappa shape index (κ2) is 7.99. The van der Waals surface area contributed by atoms with Crippen molar-refractivity contribution >= 4 is 40.1 Å². The number of para-hydroxylation sites is 1. The molecule has 118 valence electrons. The van der Waals surface area contributed by atoms with E-state index in [9.17, 15) is 0 Å². The first-order valence-electron chi connectivity index (χ1n) is 7.49. The van der Waals surface area contributed by atoms with Crippen LogP contribution in [0.1, 0.15) is 0 Å². The predicted molar refractivity (Wildman–Crippen MR) is 103 cm³/mol. The van der Waals surface area contributed by atoms with E-state index < -0.39 is 0 Å². The molecule has 0 amide bonds. The lowest BCUT2D eigenvalue weighted by Crippen LogP contribution is -2.18. The van der Waals surface area contributed by atoms with Crippen molar-refractivity contribution in [3.8, 4) is 0 Å². The third-order valence-corrected chi connectivity index (χ3v) is 3.40. The van der Waals surface area contributed by atoms with Gasteiger partial charge in [-0.05, 0) is 60.7 Å². The summed E-state index contributed by atoms with van der Waals surface area (Å²) < 4.78 is 0. The standard InChI is InChI=1S/C19H16N4S/c24-19(20-15-7-3-1-4-8-15)21-16-11-13-18(14-12-16)23-22-17-9-5-2-6-10-17/h1-14H,(H2,20,21,24). The fourth-order valence-electron chi connectivity index (χ4n) is 2.04. The van der Waals surface area contributed by atoms with Crippen molar-refractivity contribution in [2.75, 3.05) is 10.6 Å². The van der Waals surface area contributed by atoms with Crippen LogP contribution in [-0.4, -0.2) is 5.11 Å². The molecule has 0 radical (unpaired) electrons. The van der Waals surface area contributed by atoms with Crippen molar-refractivity contribution in [1.29, 1.82) is 0 Å². The van der Waals surface area contributed by atoms with Crippen molar-refractivity contribution in [1.82, 2.24) is 0 Å². The van der Waals surface area contributed by atoms with E-state index in [0.717, 1.165) is 22.7 Å². The molecular weight excluding hydrogens is 316 g/mol. The number of nitrogens with one attached hydrogen (secondary N) is 2. The molecule has 0 aliphatic carbocycles. The molecule has 0 aliphatic heterocycles. The van der Waals surface area contributed by atoms with E-state index in [-0.39, 0.29) is 0 Å². The number of benzene rings is 3. The van der Waals surface area contributed by atoms with Crippen LogP contribution in [0.3, 0.4) is 0 Å². The lowest BCUT2D eigenvalue weighted by Gasteiger charge is -2.10. The zero-order chi connectivity index (χ0) is 16.6. The van der Waals surface area contributed by atoms with Crippen LogP contribution >= 0.6 is 12.2 Å². The highest BCUT2D eigenvalue weighted by Crippen LogP contribution is 2.20. The zero-order valence-electron chi connectivity index (χ0n) is 12.9. The summed E-state index contributed by atoms with van der Waals surface area (Å²) in [5.74, 6) is 0. The van der Waals surface area contributed by atoms with E-state index in [1.54, 1.807) is 0 Å². The number of rotatable bonds is 4. The van der Waals surface area contributed by atoms with Crippen LogP contribution in [0.25, 0.3) is 0 Å². The zero-order valence-corrected chi connectivity index (χ0v) is 13.7. The number of nitrogens with zero attached hydrogens (tertiary/aromatic N) is 2. The average molecular weight is 332 g/mol. The molecule has 0 saturated heterocycles. The Balaban J connectivity index is 1.58. The van der Waals surface area contributed by atoms with E-state index in [2.05, 4.69) is 20.9 Å². The van der Waals surface area contributed by atoms with Gasteiger partial charge in [0.1, 0.15) is 0 Å². The number of thiocarbonyl (C=S) groups is 1. The first kappa shape index (κ1) is 15.8. The topological polar surface area (TPSA) is 48.8 Å². The molecule has 0 aromatic heterocycles. The Morgan fingerprint density at radius 3 is 1.62 bits per heavy atom.